The normalized spacial score (nSPS) is 14.4. The fraction of sp³-hybridized carbons (Fsp3) is 0.945. The quantitative estimate of drug-likeness (QED) is 0.0222. The molecular formula is C73H142O17P2. The van der Waals surface area contributed by atoms with Crippen LogP contribution in [-0.4, -0.2) is 96.7 Å². The fourth-order valence-electron chi connectivity index (χ4n) is 11.1. The van der Waals surface area contributed by atoms with Crippen molar-refractivity contribution in [3.05, 3.63) is 0 Å². The summed E-state index contributed by atoms with van der Waals surface area (Å²) < 4.78 is 68.4. The molecule has 0 aromatic carbocycles. The van der Waals surface area contributed by atoms with Crippen molar-refractivity contribution in [1.82, 2.24) is 0 Å². The number of rotatable bonds is 72. The number of esters is 4. The van der Waals surface area contributed by atoms with Gasteiger partial charge in [0, 0.05) is 25.7 Å². The minimum atomic E-state index is -4.95. The molecule has 0 radical (unpaired) electrons. The second-order valence-electron chi connectivity index (χ2n) is 27.1. The molecule has 0 fully saturated rings. The Kier molecular flexibility index (Phi) is 63.7. The van der Waals surface area contributed by atoms with Crippen molar-refractivity contribution in [2.45, 2.75) is 394 Å². The van der Waals surface area contributed by atoms with Crippen molar-refractivity contribution >= 4 is 39.5 Å². The zero-order valence-electron chi connectivity index (χ0n) is 59.9. The van der Waals surface area contributed by atoms with E-state index in [0.717, 1.165) is 102 Å². The Balaban J connectivity index is 5.26. The highest BCUT2D eigenvalue weighted by molar-refractivity contribution is 7.47. The molecular weight excluding hydrogens is 1210 g/mol. The van der Waals surface area contributed by atoms with Gasteiger partial charge in [-0.25, -0.2) is 9.13 Å². The summed E-state index contributed by atoms with van der Waals surface area (Å²) in [6.45, 7) is 9.55. The molecule has 0 bridgehead atoms. The van der Waals surface area contributed by atoms with Gasteiger partial charge in [-0.1, -0.05) is 324 Å². The molecule has 0 amide bonds. The molecule has 0 heterocycles. The summed E-state index contributed by atoms with van der Waals surface area (Å²) in [5, 5.41) is 10.6. The lowest BCUT2D eigenvalue weighted by Gasteiger charge is -2.21. The summed E-state index contributed by atoms with van der Waals surface area (Å²) in [7, 11) is -9.91. The Morgan fingerprint density at radius 3 is 0.826 bits per heavy atom. The zero-order chi connectivity index (χ0) is 67.9. The number of unbranched alkanes of at least 4 members (excludes halogenated alkanes) is 41. The van der Waals surface area contributed by atoms with Crippen LogP contribution in [0.3, 0.4) is 0 Å². The molecule has 0 aliphatic carbocycles. The third kappa shape index (κ3) is 65.4. The molecule has 3 N–H and O–H groups in total. The van der Waals surface area contributed by atoms with Crippen molar-refractivity contribution in [1.29, 1.82) is 0 Å². The molecule has 19 heteroatoms. The lowest BCUT2D eigenvalue weighted by atomic mass is 9.99. The predicted octanol–water partition coefficient (Wildman–Crippen LogP) is 21.2. The maximum Gasteiger partial charge on any atom is 0.472 e. The topological polar surface area (TPSA) is 237 Å². The maximum atomic E-state index is 13.1. The molecule has 0 saturated carbocycles. The highest BCUT2D eigenvalue weighted by Crippen LogP contribution is 2.45. The van der Waals surface area contributed by atoms with Gasteiger partial charge in [-0.15, -0.1) is 0 Å². The Morgan fingerprint density at radius 2 is 0.554 bits per heavy atom. The highest BCUT2D eigenvalue weighted by atomic mass is 31.2. The third-order valence-electron chi connectivity index (χ3n) is 17.3. The second kappa shape index (κ2) is 65.0. The summed E-state index contributed by atoms with van der Waals surface area (Å²) in [5.41, 5.74) is 0. The Labute approximate surface area is 562 Å². The standard InChI is InChI=1S/C73H142O17P2/c1-7-10-12-14-16-18-20-22-23-25-27-33-39-46-52-58-73(78)89-68(61-83-70(75)55-49-43-37-31-29-28-30-36-42-48-54-66(6)9-3)63-87-91(79,80)85-59-67(74)60-86-92(81,82)88-64-69(62-84-71(76)56-50-44-40-34-35-41-47-53-65(4)5)90-72(77)57-51-45-38-32-26-24-21-19-17-15-13-11-8-2/h65-69,74H,7-64H2,1-6H3,(H,79,80)(H,81,82)/t66?,67-,68-,69-/m1/s1. The van der Waals surface area contributed by atoms with E-state index in [4.69, 9.17) is 37.0 Å². The molecule has 0 aliphatic rings. The molecule has 6 atom stereocenters. The SMILES string of the molecule is CCCCCCCCCCCCCCCCCC(=O)O[C@H](COC(=O)CCCCCCCCCCCCC(C)CC)COP(=O)(O)OC[C@@H](O)COP(=O)(O)OC[C@@H](COC(=O)CCCCCCCCCC(C)C)OC(=O)CCCCCCCCCCCCCCC. The van der Waals surface area contributed by atoms with Gasteiger partial charge < -0.3 is 33.8 Å². The lowest BCUT2D eigenvalue weighted by molar-refractivity contribution is -0.161. The van der Waals surface area contributed by atoms with E-state index < -0.39 is 97.5 Å². The molecule has 0 aliphatic heterocycles. The van der Waals surface area contributed by atoms with E-state index in [1.54, 1.807) is 0 Å². The smallest absolute Gasteiger partial charge is 0.462 e. The van der Waals surface area contributed by atoms with E-state index in [9.17, 15) is 43.2 Å². The van der Waals surface area contributed by atoms with Gasteiger partial charge in [0.15, 0.2) is 12.2 Å². The molecule has 546 valence electrons. The summed E-state index contributed by atoms with van der Waals surface area (Å²) in [4.78, 5) is 72.7. The van der Waals surface area contributed by atoms with Crippen molar-refractivity contribution in [3.8, 4) is 0 Å². The van der Waals surface area contributed by atoms with E-state index in [2.05, 4.69) is 41.5 Å². The van der Waals surface area contributed by atoms with Crippen molar-refractivity contribution in [2.24, 2.45) is 11.8 Å². The number of aliphatic hydroxyl groups is 1. The van der Waals surface area contributed by atoms with Crippen molar-refractivity contribution in [3.63, 3.8) is 0 Å². The van der Waals surface area contributed by atoms with Gasteiger partial charge in [-0.2, -0.15) is 0 Å². The number of ether oxygens (including phenoxy) is 4. The minimum absolute atomic E-state index is 0.107. The fourth-order valence-corrected chi connectivity index (χ4v) is 12.7. The molecule has 0 rings (SSSR count). The van der Waals surface area contributed by atoms with E-state index in [0.29, 0.717) is 31.6 Å². The molecule has 0 aromatic rings. The number of carbonyl (C=O) groups excluding carboxylic acids is 4. The van der Waals surface area contributed by atoms with E-state index in [1.165, 1.54) is 186 Å². The van der Waals surface area contributed by atoms with E-state index in [-0.39, 0.29) is 25.7 Å². The van der Waals surface area contributed by atoms with Crippen LogP contribution in [0.15, 0.2) is 0 Å². The van der Waals surface area contributed by atoms with Crippen LogP contribution in [0.1, 0.15) is 375 Å². The van der Waals surface area contributed by atoms with Crippen LogP contribution < -0.4 is 0 Å². The minimum Gasteiger partial charge on any atom is -0.462 e. The molecule has 0 spiro atoms. The highest BCUT2D eigenvalue weighted by Gasteiger charge is 2.30. The number of hydrogen-bond donors (Lipinski definition) is 3. The van der Waals surface area contributed by atoms with E-state index >= 15 is 0 Å². The van der Waals surface area contributed by atoms with E-state index in [1.807, 2.05) is 0 Å². The van der Waals surface area contributed by atoms with Crippen LogP contribution in [-0.2, 0) is 65.4 Å². The average molecular weight is 1350 g/mol. The number of aliphatic hydroxyl groups excluding tert-OH is 1. The lowest BCUT2D eigenvalue weighted by Crippen LogP contribution is -2.30. The number of carbonyl (C=O) groups is 4. The van der Waals surface area contributed by atoms with Crippen molar-refractivity contribution in [2.75, 3.05) is 39.6 Å². The van der Waals surface area contributed by atoms with Gasteiger partial charge in [-0.3, -0.25) is 37.3 Å². The molecule has 0 saturated heterocycles. The van der Waals surface area contributed by atoms with Crippen LogP contribution in [0.2, 0.25) is 0 Å². The first kappa shape index (κ1) is 90.1. The predicted molar refractivity (Wildman–Crippen MR) is 372 cm³/mol. The van der Waals surface area contributed by atoms with Crippen molar-refractivity contribution < 1.29 is 80.2 Å². The second-order valence-corrected chi connectivity index (χ2v) is 30.0. The van der Waals surface area contributed by atoms with Gasteiger partial charge in [0.05, 0.1) is 26.4 Å². The maximum absolute atomic E-state index is 13.1. The summed E-state index contributed by atoms with van der Waals surface area (Å²) >= 11 is 0. The molecule has 3 unspecified atom stereocenters. The monoisotopic (exact) mass is 1350 g/mol. The summed E-state index contributed by atoms with van der Waals surface area (Å²) in [5.74, 6) is -0.603. The van der Waals surface area contributed by atoms with Gasteiger partial charge in [0.1, 0.15) is 19.3 Å². The van der Waals surface area contributed by atoms with Gasteiger partial charge in [0.2, 0.25) is 0 Å². The number of hydrogen-bond acceptors (Lipinski definition) is 15. The van der Waals surface area contributed by atoms with Gasteiger partial charge in [0.25, 0.3) is 0 Å². The average Bonchev–Trinajstić information content (AvgIpc) is 1.53. The van der Waals surface area contributed by atoms with Gasteiger partial charge >= 0.3 is 39.5 Å². The van der Waals surface area contributed by atoms with Crippen LogP contribution in [0.4, 0.5) is 0 Å². The first-order valence-electron chi connectivity index (χ1n) is 38.0. The largest absolute Gasteiger partial charge is 0.472 e. The zero-order valence-corrected chi connectivity index (χ0v) is 61.6. The summed E-state index contributed by atoms with van der Waals surface area (Å²) in [6, 6.07) is 0. The van der Waals surface area contributed by atoms with Gasteiger partial charge in [-0.05, 0) is 37.5 Å². The van der Waals surface area contributed by atoms with Crippen LogP contribution in [0.5, 0.6) is 0 Å². The third-order valence-corrected chi connectivity index (χ3v) is 19.2. The van der Waals surface area contributed by atoms with Crippen LogP contribution in [0, 0.1) is 11.8 Å². The van der Waals surface area contributed by atoms with Crippen LogP contribution >= 0.6 is 15.6 Å². The Hall–Kier alpha value is -1.94. The van der Waals surface area contributed by atoms with Crippen LogP contribution in [0.25, 0.3) is 0 Å². The first-order chi connectivity index (χ1) is 44.4. The molecule has 17 nitrogen and oxygen atoms in total. The molecule has 0 aromatic heterocycles. The number of phosphoric ester groups is 2. The Morgan fingerprint density at radius 1 is 0.315 bits per heavy atom. The first-order valence-corrected chi connectivity index (χ1v) is 41.0. The summed E-state index contributed by atoms with van der Waals surface area (Å²) in [6.07, 6.45) is 51.2. The molecule has 92 heavy (non-hydrogen) atoms. The Bertz CT molecular complexity index is 1790. The number of phosphoric acid groups is 2.